The van der Waals surface area contributed by atoms with Crippen molar-refractivity contribution in [2.24, 2.45) is 11.3 Å². The van der Waals surface area contributed by atoms with E-state index in [1.165, 1.54) is 6.42 Å². The normalized spacial score (nSPS) is 22.8. The summed E-state index contributed by atoms with van der Waals surface area (Å²) in [5.41, 5.74) is 0.392. The number of aromatic nitrogens is 3. The molecule has 0 aromatic carbocycles. The lowest BCUT2D eigenvalue weighted by Crippen LogP contribution is -2.30. The maximum atomic E-state index is 4.23. The molecular weight excluding hydrogens is 162 g/mol. The van der Waals surface area contributed by atoms with Gasteiger partial charge in [0.15, 0.2) is 0 Å². The van der Waals surface area contributed by atoms with Crippen molar-refractivity contribution < 1.29 is 0 Å². The molecule has 0 amide bonds. The van der Waals surface area contributed by atoms with E-state index in [0.29, 0.717) is 5.41 Å². The van der Waals surface area contributed by atoms with Gasteiger partial charge in [0, 0.05) is 13.0 Å². The van der Waals surface area contributed by atoms with Gasteiger partial charge in [0.1, 0.15) is 12.2 Å². The number of hydrogen-bond acceptors (Lipinski definition) is 2. The summed E-state index contributed by atoms with van der Waals surface area (Å²) in [5, 5.41) is 4.23. The molecule has 0 spiro atoms. The van der Waals surface area contributed by atoms with E-state index in [4.69, 9.17) is 0 Å². The summed E-state index contributed by atoms with van der Waals surface area (Å²) in [6.07, 6.45) is 4.00. The van der Waals surface area contributed by atoms with Crippen molar-refractivity contribution in [2.45, 2.75) is 40.2 Å². The van der Waals surface area contributed by atoms with E-state index in [2.05, 4.69) is 35.5 Å². The van der Waals surface area contributed by atoms with Crippen LogP contribution in [0, 0.1) is 11.3 Å². The third kappa shape index (κ3) is 1.60. The summed E-state index contributed by atoms with van der Waals surface area (Å²) < 4.78 is 2.05. The SMILES string of the molecule is CC(C)(C)C1CCc2ncnn2C1. The molecule has 0 N–H and O–H groups in total. The van der Waals surface area contributed by atoms with E-state index in [1.807, 2.05) is 0 Å². The quantitative estimate of drug-likeness (QED) is 0.609. The minimum atomic E-state index is 0.392. The molecule has 3 heteroatoms. The fourth-order valence-corrected chi connectivity index (χ4v) is 1.94. The third-order valence-electron chi connectivity index (χ3n) is 3.03. The predicted octanol–water partition coefficient (Wildman–Crippen LogP) is 1.89. The van der Waals surface area contributed by atoms with Crippen molar-refractivity contribution in [3.05, 3.63) is 12.2 Å². The van der Waals surface area contributed by atoms with Crippen LogP contribution < -0.4 is 0 Å². The van der Waals surface area contributed by atoms with Crippen LogP contribution in [0.5, 0.6) is 0 Å². The standard InChI is InChI=1S/C10H17N3/c1-10(2,3)8-4-5-9-11-7-12-13(9)6-8/h7-8H,4-6H2,1-3H3. The second kappa shape index (κ2) is 2.82. The monoisotopic (exact) mass is 179 g/mol. The van der Waals surface area contributed by atoms with Crippen LogP contribution in [0.4, 0.5) is 0 Å². The van der Waals surface area contributed by atoms with Gasteiger partial charge in [0.25, 0.3) is 0 Å². The summed E-state index contributed by atoms with van der Waals surface area (Å²) in [7, 11) is 0. The molecule has 13 heavy (non-hydrogen) atoms. The highest BCUT2D eigenvalue weighted by Crippen LogP contribution is 2.33. The summed E-state index contributed by atoms with van der Waals surface area (Å²) in [5.74, 6) is 1.89. The van der Waals surface area contributed by atoms with E-state index in [1.54, 1.807) is 6.33 Å². The number of nitrogens with zero attached hydrogens (tertiary/aromatic N) is 3. The fraction of sp³-hybridized carbons (Fsp3) is 0.800. The molecule has 0 bridgehead atoms. The molecule has 0 aliphatic carbocycles. The van der Waals surface area contributed by atoms with Crippen LogP contribution in [-0.2, 0) is 13.0 Å². The molecule has 72 valence electrons. The zero-order valence-electron chi connectivity index (χ0n) is 8.62. The zero-order valence-corrected chi connectivity index (χ0v) is 8.62. The molecule has 1 unspecified atom stereocenters. The molecule has 2 heterocycles. The van der Waals surface area contributed by atoms with Crippen molar-refractivity contribution >= 4 is 0 Å². The summed E-state index contributed by atoms with van der Waals surface area (Å²) >= 11 is 0. The number of fused-ring (bicyclic) bond motifs is 1. The Labute approximate surface area is 79.2 Å². The van der Waals surface area contributed by atoms with E-state index in [0.717, 1.165) is 24.7 Å². The molecule has 1 atom stereocenters. The van der Waals surface area contributed by atoms with Gasteiger partial charge >= 0.3 is 0 Å². The van der Waals surface area contributed by atoms with E-state index in [9.17, 15) is 0 Å². The third-order valence-corrected chi connectivity index (χ3v) is 3.03. The average molecular weight is 179 g/mol. The second-order valence-electron chi connectivity index (χ2n) is 4.96. The molecule has 1 aliphatic heterocycles. The Morgan fingerprint density at radius 3 is 2.92 bits per heavy atom. The first-order valence-electron chi connectivity index (χ1n) is 4.94. The van der Waals surface area contributed by atoms with Crippen molar-refractivity contribution in [3.8, 4) is 0 Å². The van der Waals surface area contributed by atoms with Crippen molar-refractivity contribution in [1.82, 2.24) is 14.8 Å². The number of aryl methyl sites for hydroxylation is 1. The van der Waals surface area contributed by atoms with Crippen LogP contribution >= 0.6 is 0 Å². The van der Waals surface area contributed by atoms with E-state index in [-0.39, 0.29) is 0 Å². The molecule has 0 saturated heterocycles. The van der Waals surface area contributed by atoms with Crippen LogP contribution in [0.25, 0.3) is 0 Å². The molecule has 1 aromatic heterocycles. The average Bonchev–Trinajstić information content (AvgIpc) is 2.47. The van der Waals surface area contributed by atoms with Gasteiger partial charge in [-0.05, 0) is 17.8 Å². The van der Waals surface area contributed by atoms with E-state index >= 15 is 0 Å². The predicted molar refractivity (Wildman–Crippen MR) is 51.3 cm³/mol. The molecule has 3 nitrogen and oxygen atoms in total. The van der Waals surface area contributed by atoms with Crippen LogP contribution in [0.2, 0.25) is 0 Å². The first-order valence-corrected chi connectivity index (χ1v) is 4.94. The van der Waals surface area contributed by atoms with Crippen LogP contribution in [0.1, 0.15) is 33.0 Å². The second-order valence-corrected chi connectivity index (χ2v) is 4.96. The zero-order chi connectivity index (χ0) is 9.47. The maximum absolute atomic E-state index is 4.23. The summed E-state index contributed by atoms with van der Waals surface area (Å²) in [6.45, 7) is 7.96. The molecular formula is C10H17N3. The molecule has 0 saturated carbocycles. The van der Waals surface area contributed by atoms with Gasteiger partial charge in [-0.1, -0.05) is 20.8 Å². The summed E-state index contributed by atoms with van der Waals surface area (Å²) in [6, 6.07) is 0. The molecule has 0 fully saturated rings. The Morgan fingerprint density at radius 2 is 2.23 bits per heavy atom. The lowest BCUT2D eigenvalue weighted by molar-refractivity contribution is 0.172. The highest BCUT2D eigenvalue weighted by molar-refractivity contribution is 4.92. The first kappa shape index (κ1) is 8.73. The van der Waals surface area contributed by atoms with Crippen molar-refractivity contribution in [1.29, 1.82) is 0 Å². The number of rotatable bonds is 0. The maximum Gasteiger partial charge on any atom is 0.138 e. The van der Waals surface area contributed by atoms with Crippen molar-refractivity contribution in [3.63, 3.8) is 0 Å². The van der Waals surface area contributed by atoms with Gasteiger partial charge in [-0.15, -0.1) is 0 Å². The highest BCUT2D eigenvalue weighted by atomic mass is 15.3. The highest BCUT2D eigenvalue weighted by Gasteiger charge is 2.29. The van der Waals surface area contributed by atoms with Crippen molar-refractivity contribution in [2.75, 3.05) is 0 Å². The Morgan fingerprint density at radius 1 is 1.46 bits per heavy atom. The lowest BCUT2D eigenvalue weighted by atomic mass is 9.77. The topological polar surface area (TPSA) is 30.7 Å². The smallest absolute Gasteiger partial charge is 0.138 e. The largest absolute Gasteiger partial charge is 0.250 e. The van der Waals surface area contributed by atoms with Gasteiger partial charge in [-0.3, -0.25) is 0 Å². The van der Waals surface area contributed by atoms with Crippen LogP contribution in [-0.4, -0.2) is 14.8 Å². The molecule has 1 aromatic rings. The Hall–Kier alpha value is -0.860. The Balaban J connectivity index is 2.18. The van der Waals surface area contributed by atoms with Gasteiger partial charge in [0.05, 0.1) is 0 Å². The number of hydrogen-bond donors (Lipinski definition) is 0. The Bertz CT molecular complexity index is 295. The van der Waals surface area contributed by atoms with Crippen LogP contribution in [0.15, 0.2) is 6.33 Å². The molecule has 2 rings (SSSR count). The van der Waals surface area contributed by atoms with Gasteiger partial charge in [-0.2, -0.15) is 5.10 Å². The molecule has 0 radical (unpaired) electrons. The molecule has 1 aliphatic rings. The lowest BCUT2D eigenvalue weighted by Gasteiger charge is -2.33. The minimum Gasteiger partial charge on any atom is -0.250 e. The minimum absolute atomic E-state index is 0.392. The van der Waals surface area contributed by atoms with E-state index < -0.39 is 0 Å². The summed E-state index contributed by atoms with van der Waals surface area (Å²) in [4.78, 5) is 4.23. The fourth-order valence-electron chi connectivity index (χ4n) is 1.94. The first-order chi connectivity index (χ1) is 6.07. The Kier molecular flexibility index (Phi) is 1.90. The van der Waals surface area contributed by atoms with Gasteiger partial charge in [-0.25, -0.2) is 9.67 Å². The van der Waals surface area contributed by atoms with Gasteiger partial charge < -0.3 is 0 Å². The van der Waals surface area contributed by atoms with Gasteiger partial charge in [0.2, 0.25) is 0 Å². The van der Waals surface area contributed by atoms with Crippen LogP contribution in [0.3, 0.4) is 0 Å².